The van der Waals surface area contributed by atoms with Crippen LogP contribution in [0, 0.1) is 5.92 Å². The van der Waals surface area contributed by atoms with Crippen molar-refractivity contribution >= 4 is 57.4 Å². The van der Waals surface area contributed by atoms with E-state index in [1.165, 1.54) is 4.90 Å². The molecule has 0 aromatic carbocycles. The van der Waals surface area contributed by atoms with Crippen molar-refractivity contribution in [3.8, 4) is 0 Å². The molecule has 3 atom stereocenters. The Hall–Kier alpha value is 0.906. The number of carbonyl (C=O) groups is 1. The van der Waals surface area contributed by atoms with Crippen LogP contribution in [0.4, 0.5) is 0 Å². The van der Waals surface area contributed by atoms with Crippen molar-refractivity contribution in [3.05, 3.63) is 0 Å². The van der Waals surface area contributed by atoms with Crippen LogP contribution in [0.5, 0.6) is 0 Å². The van der Waals surface area contributed by atoms with Crippen LogP contribution < -0.4 is 0 Å². The van der Waals surface area contributed by atoms with Crippen molar-refractivity contribution < 1.29 is 30.3 Å². The van der Waals surface area contributed by atoms with E-state index in [4.69, 9.17) is 15.3 Å². The van der Waals surface area contributed by atoms with Gasteiger partial charge in [-0.2, -0.15) is 0 Å². The number of carboxylic acid groups (broad SMARTS) is 1. The molecule has 0 fully saturated rings. The number of rotatable bonds is 9. The van der Waals surface area contributed by atoms with Crippen LogP contribution >= 0.6 is 0 Å². The second-order valence-electron chi connectivity index (χ2n) is 4.65. The van der Waals surface area contributed by atoms with Gasteiger partial charge in [-0.1, -0.05) is 13.8 Å². The minimum absolute atomic E-state index is 0. The first-order valence-corrected chi connectivity index (χ1v) is 5.88. The van der Waals surface area contributed by atoms with Crippen LogP contribution in [-0.4, -0.2) is 132 Å². The molecule has 0 radical (unpaired) electrons. The van der Waals surface area contributed by atoms with Gasteiger partial charge < -0.3 is 25.5 Å². The first-order chi connectivity index (χ1) is 8.33. The summed E-state index contributed by atoms with van der Waals surface area (Å²) >= 11 is 0. The molecule has 0 rings (SSSR count). The maximum absolute atomic E-state index is 11.2. The number of hydrogen-bond acceptors (Lipinski definition) is 6. The molecule has 0 heterocycles. The van der Waals surface area contributed by atoms with Gasteiger partial charge in [0.25, 0.3) is 0 Å². The number of aliphatic carboxylic acids is 1. The van der Waals surface area contributed by atoms with Gasteiger partial charge in [0.1, 0.15) is 6.04 Å². The molecule has 0 aromatic heterocycles. The van der Waals surface area contributed by atoms with Gasteiger partial charge in [0.15, 0.2) is 0 Å². The topological polar surface area (TPSA) is 121 Å². The van der Waals surface area contributed by atoms with Crippen molar-refractivity contribution in [2.75, 3.05) is 26.3 Å². The zero-order chi connectivity index (χ0) is 14.3. The predicted octanol–water partition coefficient (Wildman–Crippen LogP) is -2.54. The van der Waals surface area contributed by atoms with Gasteiger partial charge >= 0.3 is 57.4 Å². The fraction of sp³-hybridized carbons (Fsp3) is 0.909. The predicted molar refractivity (Wildman–Crippen MR) is 71.2 cm³/mol. The summed E-state index contributed by atoms with van der Waals surface area (Å²) in [6.07, 6.45) is -2.17. The summed E-state index contributed by atoms with van der Waals surface area (Å²) in [5, 5.41) is 45.5. The van der Waals surface area contributed by atoms with Gasteiger partial charge in [-0.25, -0.2) is 0 Å². The number of hydrogen-bond donors (Lipinski definition) is 5. The van der Waals surface area contributed by atoms with E-state index in [9.17, 15) is 15.0 Å². The summed E-state index contributed by atoms with van der Waals surface area (Å²) in [6, 6.07) is -0.896. The first-order valence-electron chi connectivity index (χ1n) is 5.88. The number of nitrogens with zero attached hydrogens (tertiary/aromatic N) is 1. The fourth-order valence-corrected chi connectivity index (χ4v) is 1.82. The van der Waals surface area contributed by atoms with Gasteiger partial charge in [-0.05, 0) is 5.92 Å². The second-order valence-corrected chi connectivity index (χ2v) is 4.65. The van der Waals surface area contributed by atoms with Crippen molar-refractivity contribution in [1.29, 1.82) is 0 Å². The number of aliphatic hydroxyl groups excluding tert-OH is 4. The molecule has 3 unspecified atom stereocenters. The summed E-state index contributed by atoms with van der Waals surface area (Å²) in [5.74, 6) is -1.31. The number of aliphatic hydroxyl groups is 4. The Morgan fingerprint density at radius 2 is 1.42 bits per heavy atom. The molecule has 0 amide bonds. The second kappa shape index (κ2) is 11.6. The van der Waals surface area contributed by atoms with Crippen molar-refractivity contribution in [3.63, 3.8) is 0 Å². The molecular weight excluding hydrogens is 281 g/mol. The third kappa shape index (κ3) is 8.71. The fourth-order valence-electron chi connectivity index (χ4n) is 1.82. The van der Waals surface area contributed by atoms with Crippen LogP contribution in [-0.2, 0) is 4.79 Å². The van der Waals surface area contributed by atoms with Crippen molar-refractivity contribution in [1.82, 2.24) is 4.90 Å². The van der Waals surface area contributed by atoms with E-state index >= 15 is 0 Å². The third-order valence-electron chi connectivity index (χ3n) is 2.59. The molecule has 5 N–H and O–H groups in total. The summed E-state index contributed by atoms with van der Waals surface area (Å²) < 4.78 is 0. The Morgan fingerprint density at radius 1 is 1.05 bits per heavy atom. The molecule has 0 bridgehead atoms. The van der Waals surface area contributed by atoms with E-state index in [0.29, 0.717) is 0 Å². The molecule has 0 aromatic rings. The average Bonchev–Trinajstić information content (AvgIpc) is 2.27. The molecule has 0 aliphatic carbocycles. The monoisotopic (exact) mass is 305 g/mol. The molecule has 0 aliphatic rings. The van der Waals surface area contributed by atoms with Crippen molar-refractivity contribution in [2.45, 2.75) is 32.1 Å². The van der Waals surface area contributed by atoms with Gasteiger partial charge in [-0.15, -0.1) is 0 Å². The molecule has 0 saturated carbocycles. The molecule has 0 saturated heterocycles. The first kappa shape index (κ1) is 22.2. The SMILES string of the molecule is CC(C)C(C(=O)O)N(CC(O)CO)CC(O)CO.[KH]. The zero-order valence-electron chi connectivity index (χ0n) is 10.7. The third-order valence-corrected chi connectivity index (χ3v) is 2.59. The molecule has 7 nitrogen and oxygen atoms in total. The van der Waals surface area contributed by atoms with Crippen LogP contribution in [0.3, 0.4) is 0 Å². The molecule has 0 aliphatic heterocycles. The van der Waals surface area contributed by atoms with Gasteiger partial charge in [-0.3, -0.25) is 9.69 Å². The number of carboxylic acids is 1. The summed E-state index contributed by atoms with van der Waals surface area (Å²) in [7, 11) is 0. The molecule has 19 heavy (non-hydrogen) atoms. The maximum atomic E-state index is 11.2. The molecular formula is C11H24KNO6. The van der Waals surface area contributed by atoms with Crippen LogP contribution in [0.25, 0.3) is 0 Å². The van der Waals surface area contributed by atoms with Crippen LogP contribution in [0.1, 0.15) is 13.8 Å². The Bertz CT molecular complexity index is 241. The van der Waals surface area contributed by atoms with E-state index < -0.39 is 37.4 Å². The van der Waals surface area contributed by atoms with Crippen LogP contribution in [0.15, 0.2) is 0 Å². The van der Waals surface area contributed by atoms with Crippen LogP contribution in [0.2, 0.25) is 0 Å². The standard InChI is InChI=1S/C11H23NO6.K.H/c1-7(2)10(11(17)18)12(3-8(15)5-13)4-9(16)6-14;;/h7-10,13-16H,3-6H2,1-2H3,(H,17,18);;. The van der Waals surface area contributed by atoms with E-state index in [1.807, 2.05) is 0 Å². The summed E-state index contributed by atoms with van der Waals surface area (Å²) in [6.45, 7) is 2.28. The molecule has 8 heteroatoms. The Morgan fingerprint density at radius 3 is 1.63 bits per heavy atom. The average molecular weight is 305 g/mol. The molecule has 0 spiro atoms. The summed E-state index contributed by atoms with van der Waals surface area (Å²) in [5.41, 5.74) is 0. The Labute approximate surface area is 155 Å². The van der Waals surface area contributed by atoms with Gasteiger partial charge in [0.2, 0.25) is 0 Å². The van der Waals surface area contributed by atoms with E-state index in [2.05, 4.69) is 0 Å². The van der Waals surface area contributed by atoms with Gasteiger partial charge in [0.05, 0.1) is 25.4 Å². The quantitative estimate of drug-likeness (QED) is 0.297. The Balaban J connectivity index is 0. The van der Waals surface area contributed by atoms with Crippen molar-refractivity contribution in [2.24, 2.45) is 5.92 Å². The van der Waals surface area contributed by atoms with E-state index in [1.54, 1.807) is 13.8 Å². The zero-order valence-corrected chi connectivity index (χ0v) is 10.7. The normalized spacial score (nSPS) is 16.0. The molecule has 110 valence electrons. The van der Waals surface area contributed by atoms with E-state index in [0.717, 1.165) is 0 Å². The minimum atomic E-state index is -1.09. The Kier molecular flexibility index (Phi) is 13.5. The summed E-state index contributed by atoms with van der Waals surface area (Å²) in [4.78, 5) is 12.5. The van der Waals surface area contributed by atoms with E-state index in [-0.39, 0.29) is 70.4 Å². The van der Waals surface area contributed by atoms with Gasteiger partial charge in [0, 0.05) is 13.1 Å².